The predicted octanol–water partition coefficient (Wildman–Crippen LogP) is 5.52. The Hall–Kier alpha value is -4.91. The molecule has 1 fully saturated rings. The number of benzene rings is 4. The van der Waals surface area contributed by atoms with Gasteiger partial charge >= 0.3 is 12.0 Å². The molecule has 1 saturated heterocycles. The van der Waals surface area contributed by atoms with Crippen molar-refractivity contribution < 1.29 is 24.2 Å². The fourth-order valence-corrected chi connectivity index (χ4v) is 4.19. The van der Waals surface area contributed by atoms with Gasteiger partial charge in [-0.3, -0.25) is 9.69 Å². The fourth-order valence-electron chi connectivity index (χ4n) is 4.19. The number of carbonyl (C=O) groups is 3. The van der Waals surface area contributed by atoms with Gasteiger partial charge in [-0.05, 0) is 53.1 Å². The molecule has 0 bridgehead atoms. The average Bonchev–Trinajstić information content (AvgIpc) is 3.17. The molecule has 0 aromatic heterocycles. The third-order valence-electron chi connectivity index (χ3n) is 6.24. The molecular formula is C30H24N2O5. The fraction of sp³-hybridized carbons (Fsp3) is 0.100. The lowest BCUT2D eigenvalue weighted by molar-refractivity contribution is -0.123. The summed E-state index contributed by atoms with van der Waals surface area (Å²) in [5.41, 5.74) is 3.79. The standard InChI is InChI=1S/C30H24N2O5/c1-19-6-8-20(9-7-19)17-32-28(33)26(31-30(32)36)16-25-24-5-3-2-4-22(24)14-15-27(25)37-18-21-10-12-23(13-11-21)29(34)35/h2-16H,17-18H2,1H3,(H,31,36)(H,34,35)/b26-16+. The molecule has 37 heavy (non-hydrogen) atoms. The second-order valence-corrected chi connectivity index (χ2v) is 8.85. The quantitative estimate of drug-likeness (QED) is 0.262. The number of aryl methyl sites for hydroxylation is 1. The Balaban J connectivity index is 1.44. The molecule has 0 atom stereocenters. The molecule has 0 unspecified atom stereocenters. The summed E-state index contributed by atoms with van der Waals surface area (Å²) in [6, 6.07) is 25.1. The summed E-state index contributed by atoms with van der Waals surface area (Å²) in [6.45, 7) is 2.36. The smallest absolute Gasteiger partial charge is 0.335 e. The number of nitrogens with zero attached hydrogens (tertiary/aromatic N) is 1. The number of amides is 3. The highest BCUT2D eigenvalue weighted by Gasteiger charge is 2.33. The van der Waals surface area contributed by atoms with Crippen LogP contribution in [0.2, 0.25) is 0 Å². The van der Waals surface area contributed by atoms with Crippen LogP contribution in [-0.4, -0.2) is 27.9 Å². The number of aromatic carboxylic acids is 1. The number of fused-ring (bicyclic) bond motifs is 1. The van der Waals surface area contributed by atoms with Gasteiger partial charge in [0.15, 0.2) is 0 Å². The van der Waals surface area contributed by atoms with Crippen molar-refractivity contribution >= 4 is 34.8 Å². The molecule has 7 heteroatoms. The van der Waals surface area contributed by atoms with E-state index >= 15 is 0 Å². The Morgan fingerprint density at radius 3 is 2.35 bits per heavy atom. The number of ether oxygens (including phenoxy) is 1. The second kappa shape index (κ2) is 9.99. The Bertz CT molecular complexity index is 1540. The first-order valence-electron chi connectivity index (χ1n) is 11.8. The monoisotopic (exact) mass is 492 g/mol. The van der Waals surface area contributed by atoms with E-state index in [4.69, 9.17) is 9.84 Å². The molecule has 184 valence electrons. The van der Waals surface area contributed by atoms with E-state index in [9.17, 15) is 14.4 Å². The largest absolute Gasteiger partial charge is 0.488 e. The molecule has 5 rings (SSSR count). The summed E-state index contributed by atoms with van der Waals surface area (Å²) >= 11 is 0. The predicted molar refractivity (Wildman–Crippen MR) is 140 cm³/mol. The lowest BCUT2D eigenvalue weighted by Crippen LogP contribution is -2.30. The van der Waals surface area contributed by atoms with E-state index in [0.29, 0.717) is 11.3 Å². The van der Waals surface area contributed by atoms with Gasteiger partial charge in [-0.1, -0.05) is 72.3 Å². The van der Waals surface area contributed by atoms with Crippen molar-refractivity contribution in [2.75, 3.05) is 0 Å². The zero-order chi connectivity index (χ0) is 25.9. The molecule has 0 saturated carbocycles. The molecule has 4 aromatic rings. The Morgan fingerprint density at radius 1 is 0.919 bits per heavy atom. The van der Waals surface area contributed by atoms with Crippen LogP contribution in [0.4, 0.5) is 4.79 Å². The molecule has 0 radical (unpaired) electrons. The van der Waals surface area contributed by atoms with Crippen LogP contribution in [-0.2, 0) is 17.9 Å². The summed E-state index contributed by atoms with van der Waals surface area (Å²) in [6.07, 6.45) is 1.65. The van der Waals surface area contributed by atoms with Gasteiger partial charge in [0.2, 0.25) is 0 Å². The van der Waals surface area contributed by atoms with Crippen LogP contribution >= 0.6 is 0 Å². The Labute approximate surface area is 213 Å². The molecule has 0 spiro atoms. The van der Waals surface area contributed by atoms with Crippen LogP contribution in [0, 0.1) is 6.92 Å². The van der Waals surface area contributed by atoms with Crippen LogP contribution in [0.15, 0.2) is 90.6 Å². The van der Waals surface area contributed by atoms with E-state index in [1.165, 1.54) is 17.0 Å². The van der Waals surface area contributed by atoms with Gasteiger partial charge in [-0.25, -0.2) is 9.59 Å². The highest BCUT2D eigenvalue weighted by atomic mass is 16.5. The summed E-state index contributed by atoms with van der Waals surface area (Å²) in [7, 11) is 0. The van der Waals surface area contributed by atoms with Crippen molar-refractivity contribution in [1.29, 1.82) is 0 Å². The first-order valence-corrected chi connectivity index (χ1v) is 11.8. The number of carboxylic acid groups (broad SMARTS) is 1. The number of urea groups is 1. The van der Waals surface area contributed by atoms with Crippen LogP contribution < -0.4 is 10.1 Å². The maximum absolute atomic E-state index is 13.2. The maximum atomic E-state index is 13.2. The van der Waals surface area contributed by atoms with E-state index in [1.807, 2.05) is 67.6 Å². The molecule has 4 aromatic carbocycles. The van der Waals surface area contributed by atoms with E-state index in [1.54, 1.807) is 18.2 Å². The minimum atomic E-state index is -0.990. The first-order chi connectivity index (χ1) is 17.9. The van der Waals surface area contributed by atoms with Crippen LogP contribution in [0.3, 0.4) is 0 Å². The van der Waals surface area contributed by atoms with Crippen LogP contribution in [0.5, 0.6) is 5.75 Å². The van der Waals surface area contributed by atoms with Crippen LogP contribution in [0.25, 0.3) is 16.8 Å². The van der Waals surface area contributed by atoms with E-state index in [-0.39, 0.29) is 24.4 Å². The summed E-state index contributed by atoms with van der Waals surface area (Å²) < 4.78 is 6.11. The second-order valence-electron chi connectivity index (χ2n) is 8.85. The van der Waals surface area contributed by atoms with Crippen molar-refractivity contribution in [3.63, 3.8) is 0 Å². The van der Waals surface area contributed by atoms with Gasteiger partial charge in [0, 0.05) is 5.56 Å². The normalized spacial score (nSPS) is 14.3. The number of nitrogens with one attached hydrogen (secondary N) is 1. The van der Waals surface area contributed by atoms with Crippen molar-refractivity contribution in [2.45, 2.75) is 20.1 Å². The van der Waals surface area contributed by atoms with Gasteiger partial charge in [0.1, 0.15) is 18.1 Å². The van der Waals surface area contributed by atoms with Crippen LogP contribution in [0.1, 0.15) is 32.6 Å². The number of carbonyl (C=O) groups excluding carboxylic acids is 2. The number of hydrogen-bond acceptors (Lipinski definition) is 4. The van der Waals surface area contributed by atoms with Gasteiger partial charge in [-0.15, -0.1) is 0 Å². The lowest BCUT2D eigenvalue weighted by Gasteiger charge is -2.13. The molecule has 1 aliphatic heterocycles. The maximum Gasteiger partial charge on any atom is 0.335 e. The molecule has 2 N–H and O–H groups in total. The summed E-state index contributed by atoms with van der Waals surface area (Å²) in [4.78, 5) is 38.2. The summed E-state index contributed by atoms with van der Waals surface area (Å²) in [5, 5.41) is 13.6. The molecule has 1 heterocycles. The number of carboxylic acids is 1. The number of hydrogen-bond donors (Lipinski definition) is 2. The van der Waals surface area contributed by atoms with E-state index in [2.05, 4.69) is 5.32 Å². The van der Waals surface area contributed by atoms with Crippen molar-refractivity contribution in [3.8, 4) is 5.75 Å². The van der Waals surface area contributed by atoms with E-state index < -0.39 is 17.9 Å². The molecule has 7 nitrogen and oxygen atoms in total. The minimum absolute atomic E-state index is 0.170. The van der Waals surface area contributed by atoms with Gasteiger partial charge in [-0.2, -0.15) is 0 Å². The highest BCUT2D eigenvalue weighted by molar-refractivity contribution is 6.14. The van der Waals surface area contributed by atoms with Gasteiger partial charge in [0.05, 0.1) is 12.1 Å². The SMILES string of the molecule is Cc1ccc(CN2C(=O)N/C(=C/c3c(OCc4ccc(C(=O)O)cc4)ccc4ccccc34)C2=O)cc1. The lowest BCUT2D eigenvalue weighted by atomic mass is 10.0. The zero-order valence-electron chi connectivity index (χ0n) is 20.1. The number of rotatable bonds is 7. The average molecular weight is 493 g/mol. The Kier molecular flexibility index (Phi) is 6.43. The summed E-state index contributed by atoms with van der Waals surface area (Å²) in [5.74, 6) is -0.864. The molecular weight excluding hydrogens is 468 g/mol. The zero-order valence-corrected chi connectivity index (χ0v) is 20.1. The van der Waals surface area contributed by atoms with Crippen molar-refractivity contribution in [1.82, 2.24) is 10.2 Å². The first kappa shape index (κ1) is 23.8. The van der Waals surface area contributed by atoms with Gasteiger partial charge in [0.25, 0.3) is 5.91 Å². The molecule has 1 aliphatic rings. The third-order valence-corrected chi connectivity index (χ3v) is 6.24. The number of imide groups is 1. The molecule has 3 amide bonds. The topological polar surface area (TPSA) is 95.9 Å². The van der Waals surface area contributed by atoms with E-state index in [0.717, 1.165) is 27.5 Å². The van der Waals surface area contributed by atoms with Crippen molar-refractivity contribution in [3.05, 3.63) is 118 Å². The Morgan fingerprint density at radius 2 is 1.62 bits per heavy atom. The van der Waals surface area contributed by atoms with Gasteiger partial charge < -0.3 is 15.2 Å². The van der Waals surface area contributed by atoms with Crippen molar-refractivity contribution in [2.24, 2.45) is 0 Å². The minimum Gasteiger partial charge on any atom is -0.488 e. The molecule has 0 aliphatic carbocycles. The highest BCUT2D eigenvalue weighted by Crippen LogP contribution is 2.32. The third kappa shape index (κ3) is 5.06.